The van der Waals surface area contributed by atoms with Gasteiger partial charge in [0, 0.05) is 17.6 Å². The average Bonchev–Trinajstić information content (AvgIpc) is 2.19. The molecule has 0 saturated heterocycles. The Bertz CT molecular complexity index is 409. The Kier molecular flexibility index (Phi) is 3.56. The number of nitrogens with two attached hydrogens (primary N) is 1. The Morgan fingerprint density at radius 3 is 2.80 bits per heavy atom. The molecule has 0 fully saturated rings. The molecule has 78 valence electrons. The van der Waals surface area contributed by atoms with E-state index in [1.807, 2.05) is 0 Å². The van der Waals surface area contributed by atoms with Gasteiger partial charge in [0.25, 0.3) is 0 Å². The summed E-state index contributed by atoms with van der Waals surface area (Å²) in [7, 11) is 0. The number of rotatable bonds is 4. The molecule has 0 aliphatic heterocycles. The summed E-state index contributed by atoms with van der Waals surface area (Å²) in [6.45, 7) is 1.62. The first-order valence-electron chi connectivity index (χ1n) is 4.27. The molecule has 3 N–H and O–H groups in total. The standard InChI is InChI=1S/C10H11N3O2/c1-7(11)9(5-14)10-4-8(13-6-15)2-3-12-10/h2-6H,11H2,1H3,(H,12,13,15)/b9-7+. The Balaban J connectivity index is 3.14. The Labute approximate surface area is 87.0 Å². The van der Waals surface area contributed by atoms with E-state index in [1.54, 1.807) is 19.1 Å². The van der Waals surface area contributed by atoms with Crippen molar-refractivity contribution in [2.24, 2.45) is 5.73 Å². The number of allylic oxidation sites excluding steroid dienone is 2. The van der Waals surface area contributed by atoms with E-state index in [4.69, 9.17) is 5.73 Å². The summed E-state index contributed by atoms with van der Waals surface area (Å²) in [5.74, 6) is 0. The van der Waals surface area contributed by atoms with Crippen molar-refractivity contribution in [2.45, 2.75) is 6.92 Å². The number of aromatic nitrogens is 1. The van der Waals surface area contributed by atoms with Gasteiger partial charge in [0.1, 0.15) is 0 Å². The second-order valence-electron chi connectivity index (χ2n) is 2.91. The van der Waals surface area contributed by atoms with E-state index in [2.05, 4.69) is 10.3 Å². The van der Waals surface area contributed by atoms with Crippen molar-refractivity contribution in [2.75, 3.05) is 5.32 Å². The van der Waals surface area contributed by atoms with Crippen molar-refractivity contribution in [1.29, 1.82) is 0 Å². The number of carbonyl (C=O) groups excluding carboxylic acids is 2. The Hall–Kier alpha value is -2.17. The first-order valence-corrected chi connectivity index (χ1v) is 4.27. The predicted molar refractivity (Wildman–Crippen MR) is 56.8 cm³/mol. The van der Waals surface area contributed by atoms with Crippen LogP contribution >= 0.6 is 0 Å². The number of carbonyl (C=O) groups is 2. The molecule has 1 heterocycles. The van der Waals surface area contributed by atoms with Gasteiger partial charge in [0.15, 0.2) is 6.29 Å². The molecule has 0 spiro atoms. The molecule has 5 nitrogen and oxygen atoms in total. The maximum Gasteiger partial charge on any atom is 0.211 e. The minimum atomic E-state index is 0.324. The molecule has 0 saturated carbocycles. The number of hydrogen-bond donors (Lipinski definition) is 2. The molecule has 0 aromatic carbocycles. The predicted octanol–water partition coefficient (Wildman–Crippen LogP) is 0.539. The van der Waals surface area contributed by atoms with E-state index in [9.17, 15) is 9.59 Å². The first kappa shape index (κ1) is 10.9. The van der Waals surface area contributed by atoms with Crippen LogP contribution in [0, 0.1) is 0 Å². The van der Waals surface area contributed by atoms with Crippen LogP contribution < -0.4 is 11.1 Å². The molecule has 1 amide bonds. The van der Waals surface area contributed by atoms with E-state index < -0.39 is 0 Å². The molecular weight excluding hydrogens is 194 g/mol. The Morgan fingerprint density at radius 1 is 1.53 bits per heavy atom. The van der Waals surface area contributed by atoms with E-state index in [0.29, 0.717) is 35.3 Å². The molecule has 5 heteroatoms. The minimum Gasteiger partial charge on any atom is -0.402 e. The quantitative estimate of drug-likeness (QED) is 0.555. The molecule has 0 radical (unpaired) electrons. The molecule has 0 unspecified atom stereocenters. The number of amides is 1. The van der Waals surface area contributed by atoms with Crippen molar-refractivity contribution in [3.8, 4) is 0 Å². The smallest absolute Gasteiger partial charge is 0.211 e. The molecule has 0 atom stereocenters. The van der Waals surface area contributed by atoms with E-state index >= 15 is 0 Å². The number of pyridine rings is 1. The normalized spacial score (nSPS) is 11.5. The van der Waals surface area contributed by atoms with Gasteiger partial charge in [-0.1, -0.05) is 0 Å². The van der Waals surface area contributed by atoms with E-state index in [0.717, 1.165) is 0 Å². The maximum atomic E-state index is 10.7. The average molecular weight is 205 g/mol. The lowest BCUT2D eigenvalue weighted by Gasteiger charge is -2.04. The lowest BCUT2D eigenvalue weighted by Crippen LogP contribution is -2.02. The van der Waals surface area contributed by atoms with Gasteiger partial charge in [-0.25, -0.2) is 0 Å². The molecular formula is C10H11N3O2. The highest BCUT2D eigenvalue weighted by Crippen LogP contribution is 2.15. The van der Waals surface area contributed by atoms with Gasteiger partial charge in [0.2, 0.25) is 6.41 Å². The van der Waals surface area contributed by atoms with Crippen molar-refractivity contribution in [3.63, 3.8) is 0 Å². The topological polar surface area (TPSA) is 85.1 Å². The number of hydrogen-bond acceptors (Lipinski definition) is 4. The fourth-order valence-electron chi connectivity index (χ4n) is 1.09. The molecule has 1 aromatic heterocycles. The van der Waals surface area contributed by atoms with Crippen molar-refractivity contribution < 1.29 is 9.59 Å². The lowest BCUT2D eigenvalue weighted by atomic mass is 10.1. The summed E-state index contributed by atoms with van der Waals surface area (Å²) in [5.41, 5.74) is 7.24. The summed E-state index contributed by atoms with van der Waals surface area (Å²) >= 11 is 0. The third kappa shape index (κ3) is 2.63. The number of aldehydes is 1. The molecule has 0 bridgehead atoms. The molecule has 1 aromatic rings. The third-order valence-corrected chi connectivity index (χ3v) is 1.80. The zero-order valence-electron chi connectivity index (χ0n) is 8.23. The summed E-state index contributed by atoms with van der Waals surface area (Å²) in [6.07, 6.45) is 2.69. The second kappa shape index (κ2) is 4.90. The van der Waals surface area contributed by atoms with Crippen LogP contribution in [0.1, 0.15) is 12.6 Å². The zero-order valence-corrected chi connectivity index (χ0v) is 8.23. The highest BCUT2D eigenvalue weighted by Gasteiger charge is 2.05. The van der Waals surface area contributed by atoms with Gasteiger partial charge >= 0.3 is 0 Å². The monoisotopic (exact) mass is 205 g/mol. The van der Waals surface area contributed by atoms with Gasteiger partial charge in [-0.05, 0) is 19.1 Å². The van der Waals surface area contributed by atoms with Crippen LogP contribution in [0.5, 0.6) is 0 Å². The van der Waals surface area contributed by atoms with Gasteiger partial charge in [0.05, 0.1) is 11.3 Å². The molecule has 0 aliphatic rings. The van der Waals surface area contributed by atoms with Crippen molar-refractivity contribution in [3.05, 3.63) is 29.7 Å². The summed E-state index contributed by atoms with van der Waals surface area (Å²) in [5, 5.41) is 2.47. The summed E-state index contributed by atoms with van der Waals surface area (Å²) in [4.78, 5) is 25.0. The summed E-state index contributed by atoms with van der Waals surface area (Å²) in [6, 6.07) is 3.20. The van der Waals surface area contributed by atoms with E-state index in [1.165, 1.54) is 6.20 Å². The number of nitrogens with one attached hydrogen (secondary N) is 1. The van der Waals surface area contributed by atoms with Gasteiger partial charge in [-0.15, -0.1) is 0 Å². The number of anilines is 1. The van der Waals surface area contributed by atoms with Crippen LogP contribution in [0.4, 0.5) is 5.69 Å². The second-order valence-corrected chi connectivity index (χ2v) is 2.91. The van der Waals surface area contributed by atoms with Gasteiger partial charge in [-0.2, -0.15) is 0 Å². The van der Waals surface area contributed by atoms with Crippen LogP contribution in [0.25, 0.3) is 5.57 Å². The van der Waals surface area contributed by atoms with Gasteiger partial charge in [-0.3, -0.25) is 14.6 Å². The van der Waals surface area contributed by atoms with Crippen LogP contribution in [0.2, 0.25) is 0 Å². The van der Waals surface area contributed by atoms with Gasteiger partial charge < -0.3 is 11.1 Å². The number of nitrogens with zero attached hydrogens (tertiary/aromatic N) is 1. The lowest BCUT2D eigenvalue weighted by molar-refractivity contribution is -0.105. The van der Waals surface area contributed by atoms with Crippen LogP contribution in [0.15, 0.2) is 24.0 Å². The highest BCUT2D eigenvalue weighted by molar-refractivity contribution is 6.07. The molecule has 0 aliphatic carbocycles. The fourth-order valence-corrected chi connectivity index (χ4v) is 1.09. The first-order chi connectivity index (χ1) is 7.19. The maximum absolute atomic E-state index is 10.7. The third-order valence-electron chi connectivity index (χ3n) is 1.80. The molecule has 15 heavy (non-hydrogen) atoms. The van der Waals surface area contributed by atoms with Crippen LogP contribution in [-0.2, 0) is 9.59 Å². The zero-order chi connectivity index (χ0) is 11.3. The SMILES string of the molecule is C/C(N)=C(/C=O)c1cc(NC=O)ccn1. The minimum absolute atomic E-state index is 0.324. The van der Waals surface area contributed by atoms with E-state index in [-0.39, 0.29) is 0 Å². The Morgan fingerprint density at radius 2 is 2.27 bits per heavy atom. The van der Waals surface area contributed by atoms with Crippen molar-refractivity contribution >= 4 is 24.0 Å². The van der Waals surface area contributed by atoms with Crippen LogP contribution in [-0.4, -0.2) is 17.7 Å². The fraction of sp³-hybridized carbons (Fsp3) is 0.100. The van der Waals surface area contributed by atoms with Crippen LogP contribution in [0.3, 0.4) is 0 Å². The summed E-state index contributed by atoms with van der Waals surface area (Å²) < 4.78 is 0. The molecule has 1 rings (SSSR count). The highest BCUT2D eigenvalue weighted by atomic mass is 16.1. The van der Waals surface area contributed by atoms with Crippen molar-refractivity contribution in [1.82, 2.24) is 4.98 Å². The largest absolute Gasteiger partial charge is 0.402 e.